The van der Waals surface area contributed by atoms with Crippen molar-refractivity contribution in [2.75, 3.05) is 6.54 Å². The van der Waals surface area contributed by atoms with Gasteiger partial charge in [-0.25, -0.2) is 4.98 Å². The van der Waals surface area contributed by atoms with Crippen LogP contribution < -0.4 is 0 Å². The number of hydrogen-bond acceptors (Lipinski definition) is 4. The molecule has 0 aliphatic carbocycles. The Balaban J connectivity index is 1.43. The molecule has 0 fully saturated rings. The van der Waals surface area contributed by atoms with E-state index in [0.29, 0.717) is 19.5 Å². The number of carbonyl (C=O) groups excluding carboxylic acids is 1. The second-order valence-corrected chi connectivity index (χ2v) is 5.85. The molecule has 23 heavy (non-hydrogen) atoms. The molecule has 0 atom stereocenters. The van der Waals surface area contributed by atoms with Crippen molar-refractivity contribution in [1.82, 2.24) is 29.4 Å². The highest BCUT2D eigenvalue weighted by Gasteiger charge is 2.24. The summed E-state index contributed by atoms with van der Waals surface area (Å²) in [6.45, 7) is 1.94. The molecule has 0 spiro atoms. The molecule has 7 nitrogen and oxygen atoms in total. The third kappa shape index (κ3) is 2.48. The van der Waals surface area contributed by atoms with Crippen molar-refractivity contribution in [3.63, 3.8) is 0 Å². The van der Waals surface area contributed by atoms with Gasteiger partial charge >= 0.3 is 0 Å². The van der Waals surface area contributed by atoms with Gasteiger partial charge < -0.3 is 9.47 Å². The average Bonchev–Trinajstić information content (AvgIpc) is 3.16. The molecule has 2 aromatic heterocycles. The van der Waals surface area contributed by atoms with Crippen molar-refractivity contribution in [3.8, 4) is 0 Å². The molecule has 0 radical (unpaired) electrons. The average molecular weight is 310 g/mol. The Morgan fingerprint density at radius 2 is 2.17 bits per heavy atom. The number of para-hydroxylation sites is 2. The van der Waals surface area contributed by atoms with E-state index >= 15 is 0 Å². The Bertz CT molecular complexity index is 864. The van der Waals surface area contributed by atoms with Crippen molar-refractivity contribution in [2.45, 2.75) is 25.9 Å². The first-order chi connectivity index (χ1) is 11.2. The highest BCUT2D eigenvalue weighted by atomic mass is 16.2. The smallest absolute Gasteiger partial charge is 0.224 e. The van der Waals surface area contributed by atoms with Gasteiger partial charge in [0.05, 0.1) is 29.6 Å². The van der Waals surface area contributed by atoms with Crippen LogP contribution in [0.1, 0.15) is 17.8 Å². The molecule has 7 heteroatoms. The molecule has 1 aliphatic heterocycles. The van der Waals surface area contributed by atoms with Gasteiger partial charge in [0.2, 0.25) is 5.91 Å². The van der Waals surface area contributed by atoms with Crippen molar-refractivity contribution >= 4 is 16.9 Å². The fourth-order valence-electron chi connectivity index (χ4n) is 3.12. The van der Waals surface area contributed by atoms with E-state index in [1.165, 1.54) is 0 Å². The van der Waals surface area contributed by atoms with Gasteiger partial charge in [0.1, 0.15) is 5.69 Å². The predicted molar refractivity (Wildman–Crippen MR) is 84.5 cm³/mol. The lowest BCUT2D eigenvalue weighted by atomic mass is 10.1. The normalized spacial score (nSPS) is 14.2. The fourth-order valence-corrected chi connectivity index (χ4v) is 3.12. The monoisotopic (exact) mass is 310 g/mol. The molecule has 0 saturated heterocycles. The zero-order valence-electron chi connectivity index (χ0n) is 13.0. The summed E-state index contributed by atoms with van der Waals surface area (Å²) in [5.41, 5.74) is 4.08. The van der Waals surface area contributed by atoms with Crippen molar-refractivity contribution in [1.29, 1.82) is 0 Å². The molecular formula is C16H18N6O. The van der Waals surface area contributed by atoms with Crippen LogP contribution in [0.25, 0.3) is 11.0 Å². The molecular weight excluding hydrogens is 292 g/mol. The minimum Gasteiger partial charge on any atom is -0.336 e. The number of nitrogens with zero attached hydrogens (tertiary/aromatic N) is 6. The number of amides is 1. The molecule has 0 N–H and O–H groups in total. The summed E-state index contributed by atoms with van der Waals surface area (Å²) in [6, 6.07) is 7.97. The van der Waals surface area contributed by atoms with E-state index in [2.05, 4.69) is 15.3 Å². The molecule has 3 heterocycles. The van der Waals surface area contributed by atoms with E-state index in [1.807, 2.05) is 40.8 Å². The standard InChI is InChI=1S/C16H18N6O/c1-20-14-6-8-21(10-13(14)18-19-20)16(23)7-9-22-11-17-12-4-2-3-5-15(12)22/h2-5,11H,6-10H2,1H3. The van der Waals surface area contributed by atoms with Gasteiger partial charge in [0.25, 0.3) is 0 Å². The van der Waals surface area contributed by atoms with E-state index in [-0.39, 0.29) is 5.91 Å². The van der Waals surface area contributed by atoms with E-state index in [0.717, 1.165) is 35.4 Å². The number of benzene rings is 1. The summed E-state index contributed by atoms with van der Waals surface area (Å²) in [7, 11) is 1.90. The topological polar surface area (TPSA) is 68.8 Å². The highest BCUT2D eigenvalue weighted by molar-refractivity contribution is 5.77. The van der Waals surface area contributed by atoms with E-state index in [1.54, 1.807) is 11.0 Å². The Morgan fingerprint density at radius 1 is 1.30 bits per heavy atom. The lowest BCUT2D eigenvalue weighted by Gasteiger charge is -2.26. The predicted octanol–water partition coefficient (Wildman–Crippen LogP) is 1.14. The summed E-state index contributed by atoms with van der Waals surface area (Å²) in [6.07, 6.45) is 3.09. The number of aromatic nitrogens is 5. The van der Waals surface area contributed by atoms with E-state index in [4.69, 9.17) is 0 Å². The van der Waals surface area contributed by atoms with Crippen LogP contribution in [-0.4, -0.2) is 41.9 Å². The lowest BCUT2D eigenvalue weighted by molar-refractivity contribution is -0.132. The second kappa shape index (κ2) is 5.49. The van der Waals surface area contributed by atoms with Gasteiger partial charge in [-0.3, -0.25) is 9.48 Å². The number of fused-ring (bicyclic) bond motifs is 2. The van der Waals surface area contributed by atoms with Crippen LogP contribution >= 0.6 is 0 Å². The van der Waals surface area contributed by atoms with Gasteiger partial charge in [-0.2, -0.15) is 0 Å². The van der Waals surface area contributed by atoms with Crippen molar-refractivity contribution in [3.05, 3.63) is 42.0 Å². The van der Waals surface area contributed by atoms with Gasteiger partial charge in [-0.15, -0.1) is 5.10 Å². The maximum atomic E-state index is 12.5. The Morgan fingerprint density at radius 3 is 3.09 bits per heavy atom. The second-order valence-electron chi connectivity index (χ2n) is 5.85. The van der Waals surface area contributed by atoms with E-state index < -0.39 is 0 Å². The van der Waals surface area contributed by atoms with Crippen LogP contribution in [0.3, 0.4) is 0 Å². The maximum Gasteiger partial charge on any atom is 0.224 e. The van der Waals surface area contributed by atoms with Crippen LogP contribution in [0.5, 0.6) is 0 Å². The molecule has 118 valence electrons. The third-order valence-corrected chi connectivity index (χ3v) is 4.43. The number of rotatable bonds is 3. The zero-order valence-corrected chi connectivity index (χ0v) is 13.0. The minimum atomic E-state index is 0.152. The number of aryl methyl sites for hydroxylation is 2. The molecule has 0 saturated carbocycles. The minimum absolute atomic E-state index is 0.152. The lowest BCUT2D eigenvalue weighted by Crippen LogP contribution is -2.36. The van der Waals surface area contributed by atoms with Crippen molar-refractivity contribution < 1.29 is 4.79 Å². The third-order valence-electron chi connectivity index (χ3n) is 4.43. The van der Waals surface area contributed by atoms with Crippen LogP contribution in [0.2, 0.25) is 0 Å². The summed E-state index contributed by atoms with van der Waals surface area (Å²) in [5, 5.41) is 8.17. The molecule has 0 bridgehead atoms. The number of carbonyl (C=O) groups is 1. The fraction of sp³-hybridized carbons (Fsp3) is 0.375. The number of hydrogen-bond donors (Lipinski definition) is 0. The summed E-state index contributed by atoms with van der Waals surface area (Å²) < 4.78 is 3.83. The highest BCUT2D eigenvalue weighted by Crippen LogP contribution is 2.17. The summed E-state index contributed by atoms with van der Waals surface area (Å²) >= 11 is 0. The molecule has 0 unspecified atom stereocenters. The van der Waals surface area contributed by atoms with Gasteiger partial charge in [-0.1, -0.05) is 17.3 Å². The first-order valence-electron chi connectivity index (χ1n) is 7.77. The van der Waals surface area contributed by atoms with Crippen LogP contribution in [0.15, 0.2) is 30.6 Å². The number of imidazole rings is 1. The van der Waals surface area contributed by atoms with E-state index in [9.17, 15) is 4.79 Å². The van der Waals surface area contributed by atoms with Gasteiger partial charge in [0, 0.05) is 33.0 Å². The Hall–Kier alpha value is -2.70. The molecule has 1 aromatic carbocycles. The van der Waals surface area contributed by atoms with Gasteiger partial charge in [0.15, 0.2) is 0 Å². The van der Waals surface area contributed by atoms with Crippen LogP contribution in [-0.2, 0) is 31.4 Å². The van der Waals surface area contributed by atoms with Crippen molar-refractivity contribution in [2.24, 2.45) is 7.05 Å². The van der Waals surface area contributed by atoms with Gasteiger partial charge in [-0.05, 0) is 12.1 Å². The zero-order chi connectivity index (χ0) is 15.8. The molecule has 3 aromatic rings. The first-order valence-corrected chi connectivity index (χ1v) is 7.77. The summed E-state index contributed by atoms with van der Waals surface area (Å²) in [4.78, 5) is 18.7. The molecule has 1 amide bonds. The van der Waals surface area contributed by atoms with Crippen LogP contribution in [0.4, 0.5) is 0 Å². The maximum absolute atomic E-state index is 12.5. The first kappa shape index (κ1) is 13.9. The largest absolute Gasteiger partial charge is 0.336 e. The van der Waals surface area contributed by atoms with Crippen LogP contribution in [0, 0.1) is 0 Å². The summed E-state index contributed by atoms with van der Waals surface area (Å²) in [5.74, 6) is 0.152. The molecule has 1 aliphatic rings. The quantitative estimate of drug-likeness (QED) is 0.727. The SMILES string of the molecule is Cn1nnc2c1CCN(C(=O)CCn1cnc3ccccc31)C2. The Labute approximate surface area is 133 Å². The molecule has 4 rings (SSSR count). The Kier molecular flexibility index (Phi) is 3.33.